The minimum absolute atomic E-state index is 0.0260. The number of aryl methyl sites for hydroxylation is 1. The topological polar surface area (TPSA) is 86.3 Å². The van der Waals surface area contributed by atoms with E-state index in [1.807, 2.05) is 67.6 Å². The lowest BCUT2D eigenvalue weighted by Crippen LogP contribution is -2.24. The summed E-state index contributed by atoms with van der Waals surface area (Å²) in [6, 6.07) is 29.6. The van der Waals surface area contributed by atoms with E-state index >= 15 is 0 Å². The van der Waals surface area contributed by atoms with Crippen LogP contribution in [0.5, 0.6) is 0 Å². The Morgan fingerprint density at radius 1 is 0.957 bits per heavy atom. The van der Waals surface area contributed by atoms with Crippen LogP contribution in [0.4, 0.5) is 5.69 Å². The summed E-state index contributed by atoms with van der Waals surface area (Å²) in [5.41, 5.74) is 8.08. The van der Waals surface area contributed by atoms with Gasteiger partial charge < -0.3 is 9.87 Å². The molecular weight excluding hydrogens is 626 g/mol. The molecule has 0 saturated heterocycles. The van der Waals surface area contributed by atoms with Gasteiger partial charge in [0.2, 0.25) is 5.91 Å². The first-order valence-corrected chi connectivity index (χ1v) is 18.0. The van der Waals surface area contributed by atoms with Crippen LogP contribution in [0, 0.1) is 12.3 Å². The van der Waals surface area contributed by atoms with Gasteiger partial charge in [0.15, 0.2) is 5.78 Å². The molecule has 1 amide bonds. The molecule has 4 aromatic carbocycles. The first-order valence-electron chi connectivity index (χ1n) is 16.4. The number of nitrogens with one attached hydrogen (secondary N) is 1. The minimum Gasteiger partial charge on any atom is -0.772 e. The second kappa shape index (κ2) is 15.5. The molecule has 7 heteroatoms. The van der Waals surface area contributed by atoms with Crippen molar-refractivity contribution in [2.45, 2.75) is 77.6 Å². The SMILES string of the molecule is Cc1cc(Cl)ccc1-c1ccc(NC(=O)[C@H](Cc2ccc(C(=O)CCCS(=O)[O-])cc2)c2cccc(C3CCC(C)(C)CC3)c2)cc1. The molecule has 246 valence electrons. The lowest BCUT2D eigenvalue weighted by molar-refractivity contribution is -0.117. The normalized spacial score (nSPS) is 15.9. The average molecular weight is 669 g/mol. The Kier molecular flexibility index (Phi) is 11.5. The third-order valence-electron chi connectivity index (χ3n) is 9.52. The highest BCUT2D eigenvalue weighted by molar-refractivity contribution is 7.79. The van der Waals surface area contributed by atoms with Crippen LogP contribution < -0.4 is 5.32 Å². The standard InChI is InChI=1S/C40H44ClNO4S/c1-27-24-34(41)15-18-36(27)30-13-16-35(17-14-30)42-39(44)37(25-28-9-11-31(12-10-28)38(43)8-5-23-47(45)46)33-7-4-6-32(26-33)29-19-21-40(2,3)22-20-29/h4,6-7,9-18,24,26,29,37H,5,8,19-23,25H2,1-3H3,(H,42,44)(H,45,46)/p-1/t37-/m1/s1. The van der Waals surface area contributed by atoms with Gasteiger partial charge in [0, 0.05) is 28.4 Å². The van der Waals surface area contributed by atoms with Crippen LogP contribution in [0.1, 0.15) is 96.8 Å². The highest BCUT2D eigenvalue weighted by Crippen LogP contribution is 2.43. The van der Waals surface area contributed by atoms with E-state index in [0.29, 0.717) is 34.8 Å². The first-order chi connectivity index (χ1) is 22.5. The van der Waals surface area contributed by atoms with Crippen LogP contribution in [0.25, 0.3) is 11.1 Å². The smallest absolute Gasteiger partial charge is 0.232 e. The Morgan fingerprint density at radius 3 is 2.32 bits per heavy atom. The zero-order valence-electron chi connectivity index (χ0n) is 27.4. The second-order valence-corrected chi connectivity index (χ2v) is 15.1. The van der Waals surface area contributed by atoms with E-state index in [4.69, 9.17) is 11.6 Å². The molecule has 5 nitrogen and oxygen atoms in total. The summed E-state index contributed by atoms with van der Waals surface area (Å²) < 4.78 is 21.7. The summed E-state index contributed by atoms with van der Waals surface area (Å²) in [4.78, 5) is 26.7. The molecule has 0 bridgehead atoms. The van der Waals surface area contributed by atoms with Crippen molar-refractivity contribution in [3.8, 4) is 11.1 Å². The second-order valence-electron chi connectivity index (χ2n) is 13.6. The molecular formula is C40H43ClNO4S-. The molecule has 4 aromatic rings. The third-order valence-corrected chi connectivity index (χ3v) is 10.4. The maximum absolute atomic E-state index is 14.1. The fraction of sp³-hybridized carbons (Fsp3) is 0.350. The first kappa shape index (κ1) is 34.7. The number of anilines is 1. The molecule has 0 spiro atoms. The molecule has 1 fully saturated rings. The van der Waals surface area contributed by atoms with Crippen molar-refractivity contribution in [3.05, 3.63) is 124 Å². The summed E-state index contributed by atoms with van der Waals surface area (Å²) in [5, 5.41) is 3.87. The molecule has 0 aliphatic heterocycles. The van der Waals surface area contributed by atoms with Crippen LogP contribution in [0.2, 0.25) is 5.02 Å². The van der Waals surface area contributed by atoms with E-state index in [1.54, 1.807) is 12.1 Å². The van der Waals surface area contributed by atoms with Crippen molar-refractivity contribution in [3.63, 3.8) is 0 Å². The Hall–Kier alpha value is -3.58. The zero-order chi connectivity index (χ0) is 33.6. The zero-order valence-corrected chi connectivity index (χ0v) is 29.0. The Morgan fingerprint density at radius 2 is 1.66 bits per heavy atom. The number of hydrogen-bond donors (Lipinski definition) is 1. The lowest BCUT2D eigenvalue weighted by atomic mass is 9.71. The molecule has 1 aliphatic rings. The highest BCUT2D eigenvalue weighted by atomic mass is 35.5. The van der Waals surface area contributed by atoms with Crippen molar-refractivity contribution in [1.82, 2.24) is 0 Å². The quantitative estimate of drug-likeness (QED) is 0.120. The molecule has 1 N–H and O–H groups in total. The minimum atomic E-state index is -2.15. The molecule has 1 aliphatic carbocycles. The number of Topliss-reactive ketones (excluding diaryl/α,β-unsaturated/α-hetero) is 1. The largest absolute Gasteiger partial charge is 0.772 e. The Balaban J connectivity index is 1.36. The van der Waals surface area contributed by atoms with Crippen LogP contribution in [0.15, 0.2) is 91.0 Å². The van der Waals surface area contributed by atoms with Crippen molar-refractivity contribution in [2.24, 2.45) is 5.41 Å². The molecule has 0 radical (unpaired) electrons. The van der Waals surface area contributed by atoms with Gasteiger partial charge in [-0.1, -0.05) is 103 Å². The predicted octanol–water partition coefficient (Wildman–Crippen LogP) is 9.81. The lowest BCUT2D eigenvalue weighted by Gasteiger charge is -2.34. The summed E-state index contributed by atoms with van der Waals surface area (Å²) >= 11 is 4.01. The third kappa shape index (κ3) is 9.50. The number of amides is 1. The molecule has 0 aromatic heterocycles. The number of halogens is 1. The van der Waals surface area contributed by atoms with E-state index in [0.717, 1.165) is 46.3 Å². The van der Waals surface area contributed by atoms with E-state index in [-0.39, 0.29) is 23.9 Å². The van der Waals surface area contributed by atoms with Crippen LogP contribution in [0.3, 0.4) is 0 Å². The van der Waals surface area contributed by atoms with Gasteiger partial charge in [0.25, 0.3) is 0 Å². The predicted molar refractivity (Wildman–Crippen MR) is 192 cm³/mol. The Labute approximate surface area is 286 Å². The molecule has 1 saturated carbocycles. The molecule has 0 heterocycles. The fourth-order valence-electron chi connectivity index (χ4n) is 6.60. The van der Waals surface area contributed by atoms with Gasteiger partial charge in [-0.3, -0.25) is 13.8 Å². The van der Waals surface area contributed by atoms with E-state index in [2.05, 4.69) is 37.4 Å². The van der Waals surface area contributed by atoms with Crippen LogP contribution >= 0.6 is 11.6 Å². The van der Waals surface area contributed by atoms with Crippen molar-refractivity contribution >= 4 is 40.1 Å². The van der Waals surface area contributed by atoms with E-state index in [9.17, 15) is 18.4 Å². The van der Waals surface area contributed by atoms with Gasteiger partial charge >= 0.3 is 0 Å². The highest BCUT2D eigenvalue weighted by Gasteiger charge is 2.29. The van der Waals surface area contributed by atoms with Crippen LogP contribution in [-0.2, 0) is 22.3 Å². The molecule has 1 unspecified atom stereocenters. The fourth-order valence-corrected chi connectivity index (χ4v) is 7.20. The number of rotatable bonds is 12. The number of benzene rings is 4. The number of carbonyl (C=O) groups is 2. The monoisotopic (exact) mass is 668 g/mol. The maximum atomic E-state index is 14.1. The summed E-state index contributed by atoms with van der Waals surface area (Å²) in [7, 11) is 0. The van der Waals surface area contributed by atoms with Gasteiger partial charge in [-0.05, 0) is 114 Å². The number of hydrogen-bond acceptors (Lipinski definition) is 4. The van der Waals surface area contributed by atoms with Gasteiger partial charge in [-0.15, -0.1) is 0 Å². The van der Waals surface area contributed by atoms with Gasteiger partial charge in [0.05, 0.1) is 5.92 Å². The molecule has 47 heavy (non-hydrogen) atoms. The maximum Gasteiger partial charge on any atom is 0.232 e. The number of ketones is 1. The molecule has 5 rings (SSSR count). The molecule has 2 atom stereocenters. The Bertz CT molecular complexity index is 1720. The van der Waals surface area contributed by atoms with E-state index < -0.39 is 17.0 Å². The summed E-state index contributed by atoms with van der Waals surface area (Å²) in [5.74, 6) is -0.159. The van der Waals surface area contributed by atoms with Crippen LogP contribution in [-0.4, -0.2) is 26.2 Å². The van der Waals surface area contributed by atoms with Crippen molar-refractivity contribution < 1.29 is 18.4 Å². The average Bonchev–Trinajstić information content (AvgIpc) is 3.04. The van der Waals surface area contributed by atoms with Gasteiger partial charge in [0.1, 0.15) is 0 Å². The van der Waals surface area contributed by atoms with Gasteiger partial charge in [-0.2, -0.15) is 0 Å². The summed E-state index contributed by atoms with van der Waals surface area (Å²) in [6.45, 7) is 6.72. The summed E-state index contributed by atoms with van der Waals surface area (Å²) in [6.07, 6.45) is 5.63. The number of carbonyl (C=O) groups excluding carboxylic acids is 2. The van der Waals surface area contributed by atoms with Gasteiger partial charge in [-0.25, -0.2) is 0 Å². The van der Waals surface area contributed by atoms with Crippen molar-refractivity contribution in [2.75, 3.05) is 11.1 Å². The van der Waals surface area contributed by atoms with E-state index in [1.165, 1.54) is 18.4 Å². The van der Waals surface area contributed by atoms with Crippen molar-refractivity contribution in [1.29, 1.82) is 0 Å².